The lowest BCUT2D eigenvalue weighted by atomic mass is 9.99. The van der Waals surface area contributed by atoms with Crippen LogP contribution in [0.5, 0.6) is 0 Å². The number of terminal acetylenes is 1. The summed E-state index contributed by atoms with van der Waals surface area (Å²) in [6.45, 7) is 6.90. The van der Waals surface area contributed by atoms with Crippen molar-refractivity contribution in [2.75, 3.05) is 26.4 Å². The molecule has 0 aromatic heterocycles. The Hall–Kier alpha value is -1.12. The zero-order valence-electron chi connectivity index (χ0n) is 17.1. The highest BCUT2D eigenvalue weighted by Gasteiger charge is 2.40. The molecule has 0 bridgehead atoms. The van der Waals surface area contributed by atoms with E-state index < -0.39 is 11.6 Å². The molecule has 2 aliphatic heterocycles. The van der Waals surface area contributed by atoms with Gasteiger partial charge >= 0.3 is 0 Å². The molecule has 0 radical (unpaired) electrons. The van der Waals surface area contributed by atoms with Gasteiger partial charge in [0.25, 0.3) is 0 Å². The Bertz CT molecular complexity index is 517. The molecule has 2 fully saturated rings. The first-order valence-corrected chi connectivity index (χ1v) is 10.4. The Labute approximate surface area is 165 Å². The van der Waals surface area contributed by atoms with Crippen molar-refractivity contribution >= 4 is 0 Å². The lowest BCUT2D eigenvalue weighted by Crippen LogP contribution is -2.35. The highest BCUT2D eigenvalue weighted by molar-refractivity contribution is 5.01. The van der Waals surface area contributed by atoms with Crippen LogP contribution < -0.4 is 0 Å². The maximum atomic E-state index is 5.97. The van der Waals surface area contributed by atoms with Gasteiger partial charge in [-0.05, 0) is 46.0 Å². The Morgan fingerprint density at radius 1 is 0.926 bits per heavy atom. The predicted molar refractivity (Wildman–Crippen MR) is 108 cm³/mol. The zero-order chi connectivity index (χ0) is 19.4. The number of rotatable bonds is 12. The summed E-state index contributed by atoms with van der Waals surface area (Å²) < 4.78 is 23.4. The second-order valence-electron chi connectivity index (χ2n) is 7.63. The summed E-state index contributed by atoms with van der Waals surface area (Å²) in [6, 6.07) is 0. The van der Waals surface area contributed by atoms with Crippen LogP contribution in [0.2, 0.25) is 0 Å². The molecule has 0 aliphatic carbocycles. The average molecular weight is 377 g/mol. The van der Waals surface area contributed by atoms with E-state index in [1.165, 1.54) is 5.57 Å². The molecule has 0 amide bonds. The predicted octanol–water partition coefficient (Wildman–Crippen LogP) is 5.14. The molecule has 2 rings (SSSR count). The normalized spacial score (nSPS) is 21.7. The van der Waals surface area contributed by atoms with Gasteiger partial charge in [-0.1, -0.05) is 23.8 Å². The quantitative estimate of drug-likeness (QED) is 0.268. The second kappa shape index (κ2) is 11.7. The Morgan fingerprint density at radius 3 is 2.30 bits per heavy atom. The summed E-state index contributed by atoms with van der Waals surface area (Å²) in [6.07, 6.45) is 20.7. The molecular formula is C23H36O4. The van der Waals surface area contributed by atoms with E-state index in [1.54, 1.807) is 0 Å². The fraction of sp³-hybridized carbons (Fsp3) is 0.739. The monoisotopic (exact) mass is 376 g/mol. The molecular weight excluding hydrogens is 340 g/mol. The standard InChI is InChI=1S/C23H36O4/c1-4-5-9-12-21(2)13-10-7-6-8-11-14-23(26-19-20-27-23)16-15-22(3)24-17-18-25-22/h1,6-7,12H,5,8-11,13-20H2,2-3H3. The number of hydrogen-bond acceptors (Lipinski definition) is 4. The Balaban J connectivity index is 1.63. The van der Waals surface area contributed by atoms with Crippen LogP contribution >= 0.6 is 0 Å². The van der Waals surface area contributed by atoms with E-state index in [2.05, 4.69) is 31.1 Å². The molecule has 0 unspecified atom stereocenters. The molecule has 152 valence electrons. The maximum absolute atomic E-state index is 5.97. The summed E-state index contributed by atoms with van der Waals surface area (Å²) in [5.74, 6) is 1.74. The highest BCUT2D eigenvalue weighted by atomic mass is 16.7. The van der Waals surface area contributed by atoms with Gasteiger partial charge in [0.2, 0.25) is 0 Å². The van der Waals surface area contributed by atoms with Gasteiger partial charge in [0.15, 0.2) is 11.6 Å². The first-order chi connectivity index (χ1) is 13.1. The third-order valence-electron chi connectivity index (χ3n) is 5.25. The molecule has 27 heavy (non-hydrogen) atoms. The summed E-state index contributed by atoms with van der Waals surface area (Å²) in [7, 11) is 0. The van der Waals surface area contributed by atoms with E-state index >= 15 is 0 Å². The van der Waals surface area contributed by atoms with E-state index in [1.807, 2.05) is 6.92 Å². The Kier molecular flexibility index (Phi) is 9.58. The van der Waals surface area contributed by atoms with Crippen LogP contribution in [0.25, 0.3) is 0 Å². The SMILES string of the molecule is C#CCCC=C(C)CCC=CCCCC1(CCC2(C)OCCO2)OCCO1. The molecule has 0 N–H and O–H groups in total. The van der Waals surface area contributed by atoms with Gasteiger partial charge < -0.3 is 18.9 Å². The van der Waals surface area contributed by atoms with Gasteiger partial charge in [0, 0.05) is 25.7 Å². The Morgan fingerprint density at radius 2 is 1.59 bits per heavy atom. The summed E-state index contributed by atoms with van der Waals surface area (Å²) >= 11 is 0. The summed E-state index contributed by atoms with van der Waals surface area (Å²) in [5.41, 5.74) is 1.42. The molecule has 2 aliphatic rings. The van der Waals surface area contributed by atoms with Gasteiger partial charge in [-0.25, -0.2) is 0 Å². The third-order valence-corrected chi connectivity index (χ3v) is 5.25. The first-order valence-electron chi connectivity index (χ1n) is 10.4. The third kappa shape index (κ3) is 8.19. The largest absolute Gasteiger partial charge is 0.348 e. The van der Waals surface area contributed by atoms with Crippen molar-refractivity contribution in [3.8, 4) is 12.3 Å². The number of ether oxygens (including phenoxy) is 4. The van der Waals surface area contributed by atoms with E-state index in [0.29, 0.717) is 26.4 Å². The molecule has 4 nitrogen and oxygen atoms in total. The van der Waals surface area contributed by atoms with E-state index in [4.69, 9.17) is 25.4 Å². The van der Waals surface area contributed by atoms with Crippen molar-refractivity contribution in [3.63, 3.8) is 0 Å². The van der Waals surface area contributed by atoms with Crippen molar-refractivity contribution in [1.82, 2.24) is 0 Å². The van der Waals surface area contributed by atoms with Crippen LogP contribution in [0, 0.1) is 12.3 Å². The molecule has 0 atom stereocenters. The fourth-order valence-corrected chi connectivity index (χ4v) is 3.57. The summed E-state index contributed by atoms with van der Waals surface area (Å²) in [5, 5.41) is 0. The van der Waals surface area contributed by atoms with Gasteiger partial charge in [0.1, 0.15) is 0 Å². The van der Waals surface area contributed by atoms with Crippen molar-refractivity contribution in [2.24, 2.45) is 0 Å². The van der Waals surface area contributed by atoms with Crippen LogP contribution in [0.15, 0.2) is 23.8 Å². The van der Waals surface area contributed by atoms with Gasteiger partial charge in [-0.2, -0.15) is 0 Å². The first kappa shape index (κ1) is 22.2. The lowest BCUT2D eigenvalue weighted by molar-refractivity contribution is -0.200. The highest BCUT2D eigenvalue weighted by Crippen LogP contribution is 2.35. The van der Waals surface area contributed by atoms with Gasteiger partial charge in [0.05, 0.1) is 26.4 Å². The molecule has 2 heterocycles. The second-order valence-corrected chi connectivity index (χ2v) is 7.63. The molecule has 0 aromatic carbocycles. The van der Waals surface area contributed by atoms with Crippen LogP contribution in [-0.2, 0) is 18.9 Å². The van der Waals surface area contributed by atoms with Crippen molar-refractivity contribution in [3.05, 3.63) is 23.8 Å². The smallest absolute Gasteiger partial charge is 0.168 e. The number of hydrogen-bond donors (Lipinski definition) is 0. The van der Waals surface area contributed by atoms with Gasteiger partial charge in [-0.15, -0.1) is 12.3 Å². The molecule has 4 heteroatoms. The topological polar surface area (TPSA) is 36.9 Å². The van der Waals surface area contributed by atoms with Crippen molar-refractivity contribution in [1.29, 1.82) is 0 Å². The minimum Gasteiger partial charge on any atom is -0.348 e. The minimum absolute atomic E-state index is 0.456. The van der Waals surface area contributed by atoms with Crippen molar-refractivity contribution in [2.45, 2.75) is 83.2 Å². The van der Waals surface area contributed by atoms with Crippen LogP contribution in [0.1, 0.15) is 71.6 Å². The average Bonchev–Trinajstić information content (AvgIpc) is 3.30. The molecule has 0 aromatic rings. The number of allylic oxidation sites excluding steroid dienone is 4. The van der Waals surface area contributed by atoms with E-state index in [9.17, 15) is 0 Å². The van der Waals surface area contributed by atoms with Crippen LogP contribution in [-0.4, -0.2) is 38.0 Å². The molecule has 0 saturated carbocycles. The number of unbranched alkanes of at least 4 members (excludes halogenated alkanes) is 2. The fourth-order valence-electron chi connectivity index (χ4n) is 3.57. The van der Waals surface area contributed by atoms with Gasteiger partial charge in [-0.3, -0.25) is 0 Å². The zero-order valence-corrected chi connectivity index (χ0v) is 17.1. The van der Waals surface area contributed by atoms with Crippen molar-refractivity contribution < 1.29 is 18.9 Å². The van der Waals surface area contributed by atoms with Crippen LogP contribution in [0.3, 0.4) is 0 Å². The maximum Gasteiger partial charge on any atom is 0.168 e. The van der Waals surface area contributed by atoms with E-state index in [-0.39, 0.29) is 0 Å². The van der Waals surface area contributed by atoms with E-state index in [0.717, 1.165) is 57.8 Å². The lowest BCUT2D eigenvalue weighted by Gasteiger charge is -2.31. The minimum atomic E-state index is -0.478. The molecule has 0 spiro atoms. The summed E-state index contributed by atoms with van der Waals surface area (Å²) in [4.78, 5) is 0. The molecule has 2 saturated heterocycles. The van der Waals surface area contributed by atoms with Crippen LogP contribution in [0.4, 0.5) is 0 Å².